The molecule has 4 rings (SSSR count). The number of rotatable bonds is 9. The number of carbonyl (C=O) groups is 2. The Kier molecular flexibility index (Phi) is 8.95. The van der Waals surface area contributed by atoms with Crippen LogP contribution in [0.1, 0.15) is 122 Å². The maximum atomic E-state index is 14.7. The zero-order valence-corrected chi connectivity index (χ0v) is 28.2. The highest BCUT2D eigenvalue weighted by atomic mass is 19.1. The molecule has 0 radical (unpaired) electrons. The monoisotopic (exact) mass is 604 g/mol. The number of carbonyl (C=O) groups excluding carboxylic acids is 2. The van der Waals surface area contributed by atoms with Crippen molar-refractivity contribution in [1.29, 1.82) is 0 Å². The fraction of sp³-hybridized carbons (Fsp3) is 0.500. The molecule has 2 aliphatic rings. The summed E-state index contributed by atoms with van der Waals surface area (Å²) in [7, 11) is 0. The number of hydrogen-bond donors (Lipinski definition) is 2. The average molecular weight is 605 g/mol. The summed E-state index contributed by atoms with van der Waals surface area (Å²) in [5.74, 6) is -0.00570. The van der Waals surface area contributed by atoms with E-state index in [2.05, 4.69) is 63.2 Å². The normalized spacial score (nSPS) is 18.7. The van der Waals surface area contributed by atoms with Gasteiger partial charge in [0.05, 0.1) is 11.2 Å². The molecule has 2 heterocycles. The molecule has 2 amide bonds. The van der Waals surface area contributed by atoms with E-state index in [9.17, 15) is 14.0 Å². The highest BCUT2D eigenvalue weighted by Crippen LogP contribution is 2.47. The summed E-state index contributed by atoms with van der Waals surface area (Å²) in [5, 5.41) is 4.47. The van der Waals surface area contributed by atoms with Crippen molar-refractivity contribution in [2.75, 3.05) is 11.9 Å². The number of fused-ring (bicyclic) bond motifs is 1. The first kappa shape index (κ1) is 33.4. The van der Waals surface area contributed by atoms with Crippen LogP contribution in [0, 0.1) is 0 Å². The molecule has 0 spiro atoms. The van der Waals surface area contributed by atoms with Gasteiger partial charge < -0.3 is 15.0 Å². The first-order valence-electron chi connectivity index (χ1n) is 15.5. The number of nitrogens with zero attached hydrogens (tertiary/aromatic N) is 2. The van der Waals surface area contributed by atoms with Gasteiger partial charge in [-0.1, -0.05) is 57.7 Å². The molecule has 0 fully saturated rings. The topological polar surface area (TPSA) is 73.9 Å². The highest BCUT2D eigenvalue weighted by Gasteiger charge is 2.43. The van der Waals surface area contributed by atoms with E-state index in [1.165, 1.54) is 18.9 Å². The number of benzene rings is 2. The molecule has 7 nitrogen and oxygen atoms in total. The Hall–Kier alpha value is -3.49. The van der Waals surface area contributed by atoms with E-state index in [1.807, 2.05) is 33.8 Å². The van der Waals surface area contributed by atoms with Gasteiger partial charge in [0.2, 0.25) is 5.91 Å². The molecule has 8 heteroatoms. The van der Waals surface area contributed by atoms with E-state index >= 15 is 0 Å². The minimum atomic E-state index is -1.49. The quantitative estimate of drug-likeness (QED) is 0.303. The highest BCUT2D eigenvalue weighted by molar-refractivity contribution is 5.97. The predicted octanol–water partition coefficient (Wildman–Crippen LogP) is 8.02. The van der Waals surface area contributed by atoms with Crippen LogP contribution in [0.3, 0.4) is 0 Å². The van der Waals surface area contributed by atoms with Gasteiger partial charge in [-0.05, 0) is 102 Å². The molecule has 0 saturated heterocycles. The summed E-state index contributed by atoms with van der Waals surface area (Å²) < 4.78 is 21.0. The van der Waals surface area contributed by atoms with Crippen LogP contribution >= 0.6 is 0 Å². The maximum absolute atomic E-state index is 14.7. The van der Waals surface area contributed by atoms with Crippen molar-refractivity contribution in [1.82, 2.24) is 15.3 Å². The first-order chi connectivity index (χ1) is 20.3. The molecule has 2 aromatic rings. The van der Waals surface area contributed by atoms with Gasteiger partial charge in [0, 0.05) is 23.0 Å². The van der Waals surface area contributed by atoms with E-state index in [0.717, 1.165) is 28.0 Å². The van der Waals surface area contributed by atoms with Gasteiger partial charge in [0.25, 0.3) is 5.91 Å². The third kappa shape index (κ3) is 6.33. The Morgan fingerprint density at radius 3 is 2.27 bits per heavy atom. The molecule has 1 unspecified atom stereocenters. The van der Waals surface area contributed by atoms with Crippen LogP contribution in [-0.2, 0) is 31.2 Å². The lowest BCUT2D eigenvalue weighted by atomic mass is 9.88. The average Bonchev–Trinajstić information content (AvgIpc) is 3.11. The molecule has 2 aromatic carbocycles. The van der Waals surface area contributed by atoms with Crippen molar-refractivity contribution in [3.05, 3.63) is 87.9 Å². The maximum Gasteiger partial charge on any atom is 0.271 e. The minimum Gasteiger partial charge on any atom is -0.360 e. The molecule has 0 bridgehead atoms. The number of anilines is 1. The van der Waals surface area contributed by atoms with Gasteiger partial charge in [-0.3, -0.25) is 9.59 Å². The minimum absolute atomic E-state index is 0.0352. The number of amides is 2. The second kappa shape index (κ2) is 11.8. The van der Waals surface area contributed by atoms with Gasteiger partial charge in [0.15, 0.2) is 0 Å². The summed E-state index contributed by atoms with van der Waals surface area (Å²) in [4.78, 5) is 28.8. The van der Waals surface area contributed by atoms with Crippen LogP contribution < -0.4 is 10.7 Å². The summed E-state index contributed by atoms with van der Waals surface area (Å²) >= 11 is 0. The van der Waals surface area contributed by atoms with E-state index < -0.39 is 11.3 Å². The number of ether oxygens (including phenoxy) is 1. The number of hydrogen-bond acceptors (Lipinski definition) is 5. The summed E-state index contributed by atoms with van der Waals surface area (Å²) in [6.07, 6.45) is 0.556. The Balaban J connectivity index is 1.57. The Bertz CT molecular complexity index is 1520. The number of alkyl halides is 1. The summed E-state index contributed by atoms with van der Waals surface area (Å²) in [6.45, 7) is 25.3. The van der Waals surface area contributed by atoms with Crippen LogP contribution in [0.2, 0.25) is 0 Å². The standard InChI is InChI=1S/C36H49FN4O3/c1-13-31-22(4)33(43)41(39-23(5)25-14-16-28-29(18-25)36(11,12)44-35(28,9)10)24(6)40(31)20-32(42)38-30-17-15-26(34(7,8)37)19-27(30)21(2)3/h14-19,21,23,39H,6,13,20H2,1-5,7-12H3,(H,38,42). The van der Waals surface area contributed by atoms with Crippen LogP contribution in [0.4, 0.5) is 10.1 Å². The molecule has 44 heavy (non-hydrogen) atoms. The molecule has 2 aliphatic heterocycles. The smallest absolute Gasteiger partial charge is 0.271 e. The van der Waals surface area contributed by atoms with Crippen molar-refractivity contribution < 1.29 is 18.7 Å². The second-order valence-electron chi connectivity index (χ2n) is 13.8. The number of nitrogens with one attached hydrogen (secondary N) is 2. The van der Waals surface area contributed by atoms with E-state index in [4.69, 9.17) is 4.74 Å². The molecular formula is C36H49FN4O3. The molecule has 0 saturated carbocycles. The number of allylic oxidation sites excluding steroid dienone is 1. The Labute approximate surface area is 262 Å². The van der Waals surface area contributed by atoms with E-state index in [0.29, 0.717) is 29.1 Å². The van der Waals surface area contributed by atoms with Crippen molar-refractivity contribution in [2.45, 2.75) is 111 Å². The SMILES string of the molecule is C=C1N(CC(=O)Nc2ccc(C(C)(C)F)cc2C(C)C)C(CC)=C(C)C(=O)N1NC(C)c1ccc2c(c1)C(C)(C)OC2(C)C. The van der Waals surface area contributed by atoms with Crippen LogP contribution in [-0.4, -0.2) is 28.3 Å². The molecule has 0 aromatic heterocycles. The summed E-state index contributed by atoms with van der Waals surface area (Å²) in [6, 6.07) is 11.4. The molecular weight excluding hydrogens is 555 g/mol. The van der Waals surface area contributed by atoms with Crippen LogP contribution in [0.25, 0.3) is 0 Å². The zero-order chi connectivity index (χ0) is 32.9. The molecule has 238 valence electrons. The van der Waals surface area contributed by atoms with Gasteiger partial charge in [-0.2, -0.15) is 0 Å². The van der Waals surface area contributed by atoms with Gasteiger partial charge in [-0.15, -0.1) is 0 Å². The summed E-state index contributed by atoms with van der Waals surface area (Å²) in [5.41, 5.74) is 7.70. The largest absolute Gasteiger partial charge is 0.360 e. The number of hydrazine groups is 1. The van der Waals surface area contributed by atoms with Gasteiger partial charge in [-0.25, -0.2) is 14.8 Å². The molecule has 0 aliphatic carbocycles. The predicted molar refractivity (Wildman–Crippen MR) is 174 cm³/mol. The lowest BCUT2D eigenvalue weighted by Gasteiger charge is -2.41. The second-order valence-corrected chi connectivity index (χ2v) is 13.8. The van der Waals surface area contributed by atoms with Crippen molar-refractivity contribution in [3.63, 3.8) is 0 Å². The van der Waals surface area contributed by atoms with Crippen LogP contribution in [0.5, 0.6) is 0 Å². The third-order valence-electron chi connectivity index (χ3n) is 8.80. The lowest BCUT2D eigenvalue weighted by Crippen LogP contribution is -2.52. The molecule has 2 N–H and O–H groups in total. The van der Waals surface area contributed by atoms with Crippen LogP contribution in [0.15, 0.2) is 60.1 Å². The number of halogens is 1. The van der Waals surface area contributed by atoms with Crippen molar-refractivity contribution in [3.8, 4) is 0 Å². The Morgan fingerprint density at radius 1 is 1.05 bits per heavy atom. The molecule has 1 atom stereocenters. The fourth-order valence-electron chi connectivity index (χ4n) is 6.39. The third-order valence-corrected chi connectivity index (χ3v) is 8.80. The fourth-order valence-corrected chi connectivity index (χ4v) is 6.39. The lowest BCUT2D eigenvalue weighted by molar-refractivity contribution is -0.132. The zero-order valence-electron chi connectivity index (χ0n) is 28.2. The van der Waals surface area contributed by atoms with Crippen molar-refractivity contribution >= 4 is 17.5 Å². The van der Waals surface area contributed by atoms with Crippen molar-refractivity contribution in [2.24, 2.45) is 0 Å². The Morgan fingerprint density at radius 2 is 1.68 bits per heavy atom. The van der Waals surface area contributed by atoms with Gasteiger partial charge >= 0.3 is 0 Å². The van der Waals surface area contributed by atoms with E-state index in [1.54, 1.807) is 24.0 Å². The van der Waals surface area contributed by atoms with Gasteiger partial charge in [0.1, 0.15) is 18.0 Å². The van der Waals surface area contributed by atoms with E-state index in [-0.39, 0.29) is 35.9 Å². The first-order valence-corrected chi connectivity index (χ1v) is 15.5.